The SMILES string of the molecule is O=C(c1csc(Br)c1)c1cc(F)c(Br)cc1F. The summed E-state index contributed by atoms with van der Waals surface area (Å²) >= 11 is 7.38. The van der Waals surface area contributed by atoms with Crippen LogP contribution < -0.4 is 0 Å². The molecule has 2 aromatic rings. The second-order valence-corrected chi connectivity index (χ2v) is 6.36. The number of carbonyl (C=O) groups excluding carboxylic acids is 1. The van der Waals surface area contributed by atoms with Crippen molar-refractivity contribution in [2.45, 2.75) is 0 Å². The van der Waals surface area contributed by atoms with Gasteiger partial charge >= 0.3 is 0 Å². The molecule has 0 atom stereocenters. The Kier molecular flexibility index (Phi) is 3.75. The third-order valence-corrected chi connectivity index (χ3v) is 4.20. The average Bonchev–Trinajstić information content (AvgIpc) is 2.69. The van der Waals surface area contributed by atoms with E-state index in [-0.39, 0.29) is 10.0 Å². The summed E-state index contributed by atoms with van der Waals surface area (Å²) in [5, 5.41) is 1.59. The molecule has 88 valence electrons. The van der Waals surface area contributed by atoms with E-state index in [4.69, 9.17) is 0 Å². The number of rotatable bonds is 2. The lowest BCUT2D eigenvalue weighted by molar-refractivity contribution is 0.103. The van der Waals surface area contributed by atoms with Crippen LogP contribution in [0.4, 0.5) is 8.78 Å². The third-order valence-electron chi connectivity index (χ3n) is 2.08. The molecule has 0 saturated carbocycles. The van der Waals surface area contributed by atoms with Crippen molar-refractivity contribution in [1.82, 2.24) is 0 Å². The zero-order valence-corrected chi connectivity index (χ0v) is 12.1. The van der Waals surface area contributed by atoms with Crippen LogP contribution in [0.25, 0.3) is 0 Å². The van der Waals surface area contributed by atoms with Crippen LogP contribution >= 0.6 is 43.2 Å². The molecule has 0 unspecified atom stereocenters. The number of ketones is 1. The van der Waals surface area contributed by atoms with E-state index in [0.717, 1.165) is 15.9 Å². The minimum absolute atomic E-state index is 0.00181. The van der Waals surface area contributed by atoms with Gasteiger partial charge in [0, 0.05) is 10.9 Å². The smallest absolute Gasteiger partial charge is 0.196 e. The summed E-state index contributed by atoms with van der Waals surface area (Å²) in [6.07, 6.45) is 0. The predicted octanol–water partition coefficient (Wildman–Crippen LogP) is 4.78. The Balaban J connectivity index is 2.47. The number of benzene rings is 1. The normalized spacial score (nSPS) is 10.6. The van der Waals surface area contributed by atoms with Crippen molar-refractivity contribution in [3.8, 4) is 0 Å². The fourth-order valence-electron chi connectivity index (χ4n) is 1.28. The highest BCUT2D eigenvalue weighted by molar-refractivity contribution is 9.11. The third kappa shape index (κ3) is 2.64. The quantitative estimate of drug-likeness (QED) is 0.540. The first-order chi connectivity index (χ1) is 7.99. The molecule has 0 aliphatic heterocycles. The highest BCUT2D eigenvalue weighted by Gasteiger charge is 2.17. The molecule has 2 rings (SSSR count). The fourth-order valence-corrected chi connectivity index (χ4v) is 2.73. The van der Waals surface area contributed by atoms with Crippen LogP contribution in [0.3, 0.4) is 0 Å². The Morgan fingerprint density at radius 1 is 1.12 bits per heavy atom. The number of halogens is 4. The lowest BCUT2D eigenvalue weighted by Crippen LogP contribution is -2.04. The van der Waals surface area contributed by atoms with Crippen LogP contribution in [0.2, 0.25) is 0 Å². The molecule has 0 aliphatic carbocycles. The highest BCUT2D eigenvalue weighted by Crippen LogP contribution is 2.26. The molecule has 0 saturated heterocycles. The van der Waals surface area contributed by atoms with Crippen LogP contribution in [0, 0.1) is 11.6 Å². The molecular weight excluding hydrogens is 378 g/mol. The zero-order valence-electron chi connectivity index (χ0n) is 8.14. The highest BCUT2D eigenvalue weighted by atomic mass is 79.9. The molecule has 1 nitrogen and oxygen atoms in total. The van der Waals surface area contributed by atoms with E-state index < -0.39 is 17.4 Å². The Labute approximate surface area is 117 Å². The van der Waals surface area contributed by atoms with E-state index in [1.165, 1.54) is 11.3 Å². The topological polar surface area (TPSA) is 17.1 Å². The van der Waals surface area contributed by atoms with Crippen molar-refractivity contribution in [3.63, 3.8) is 0 Å². The Hall–Kier alpha value is -0.590. The van der Waals surface area contributed by atoms with Gasteiger partial charge in [0.15, 0.2) is 5.78 Å². The molecule has 0 fully saturated rings. The summed E-state index contributed by atoms with van der Waals surface area (Å²) in [5.41, 5.74) is 0.0681. The van der Waals surface area contributed by atoms with Crippen LogP contribution in [-0.2, 0) is 0 Å². The standard InChI is InChI=1S/C11H4Br2F2OS/c12-7-3-8(14)6(2-9(7)15)11(16)5-1-10(13)17-4-5/h1-4H. The minimum Gasteiger partial charge on any atom is -0.288 e. The van der Waals surface area contributed by atoms with Crippen molar-refractivity contribution in [2.24, 2.45) is 0 Å². The van der Waals surface area contributed by atoms with Gasteiger partial charge in [0.1, 0.15) is 11.6 Å². The van der Waals surface area contributed by atoms with Gasteiger partial charge in [-0.1, -0.05) is 0 Å². The average molecular weight is 382 g/mol. The molecule has 0 aliphatic rings. The number of carbonyl (C=O) groups is 1. The predicted molar refractivity (Wildman–Crippen MR) is 69.5 cm³/mol. The maximum atomic E-state index is 13.5. The van der Waals surface area contributed by atoms with E-state index in [0.29, 0.717) is 5.56 Å². The first-order valence-corrected chi connectivity index (χ1v) is 6.89. The van der Waals surface area contributed by atoms with Crippen molar-refractivity contribution < 1.29 is 13.6 Å². The van der Waals surface area contributed by atoms with Gasteiger partial charge in [-0.2, -0.15) is 0 Å². The molecule has 1 aromatic carbocycles. The second-order valence-electron chi connectivity index (χ2n) is 3.21. The summed E-state index contributed by atoms with van der Waals surface area (Å²) in [7, 11) is 0. The van der Waals surface area contributed by atoms with E-state index in [1.54, 1.807) is 11.4 Å². The molecule has 17 heavy (non-hydrogen) atoms. The van der Waals surface area contributed by atoms with E-state index in [1.807, 2.05) is 0 Å². The number of hydrogen-bond donors (Lipinski definition) is 0. The Bertz CT molecular complexity index is 595. The maximum Gasteiger partial charge on any atom is 0.196 e. The van der Waals surface area contributed by atoms with Gasteiger partial charge in [-0.3, -0.25) is 4.79 Å². The van der Waals surface area contributed by atoms with Gasteiger partial charge in [-0.05, 0) is 50.1 Å². The molecule has 0 bridgehead atoms. The molecule has 0 amide bonds. The summed E-state index contributed by atoms with van der Waals surface area (Å²) in [4.78, 5) is 11.9. The van der Waals surface area contributed by atoms with Crippen molar-refractivity contribution in [3.05, 3.63) is 54.6 Å². The number of thiophene rings is 1. The Morgan fingerprint density at radius 2 is 1.82 bits per heavy atom. The molecule has 1 heterocycles. The van der Waals surface area contributed by atoms with Crippen LogP contribution in [0.15, 0.2) is 31.8 Å². The second kappa shape index (κ2) is 4.96. The monoisotopic (exact) mass is 380 g/mol. The molecule has 0 spiro atoms. The largest absolute Gasteiger partial charge is 0.288 e. The summed E-state index contributed by atoms with van der Waals surface area (Å²) in [5.74, 6) is -1.94. The molecule has 1 aromatic heterocycles. The van der Waals surface area contributed by atoms with Gasteiger partial charge in [-0.25, -0.2) is 8.78 Å². The van der Waals surface area contributed by atoms with Crippen LogP contribution in [-0.4, -0.2) is 5.78 Å². The first kappa shape index (κ1) is 12.9. The summed E-state index contributed by atoms with van der Waals surface area (Å²) in [6, 6.07) is 3.42. The molecule has 0 radical (unpaired) electrons. The van der Waals surface area contributed by atoms with Crippen molar-refractivity contribution in [2.75, 3.05) is 0 Å². The molecular formula is C11H4Br2F2OS. The fraction of sp³-hybridized carbons (Fsp3) is 0. The lowest BCUT2D eigenvalue weighted by Gasteiger charge is -2.02. The molecule has 6 heteroatoms. The zero-order chi connectivity index (χ0) is 12.6. The minimum atomic E-state index is -0.745. The lowest BCUT2D eigenvalue weighted by atomic mass is 10.1. The molecule has 0 N–H and O–H groups in total. The van der Waals surface area contributed by atoms with Crippen LogP contribution in [0.5, 0.6) is 0 Å². The van der Waals surface area contributed by atoms with Gasteiger partial charge in [0.05, 0.1) is 13.8 Å². The van der Waals surface area contributed by atoms with Crippen molar-refractivity contribution >= 4 is 49.0 Å². The van der Waals surface area contributed by atoms with Crippen molar-refractivity contribution in [1.29, 1.82) is 0 Å². The van der Waals surface area contributed by atoms with E-state index in [9.17, 15) is 13.6 Å². The van der Waals surface area contributed by atoms with Gasteiger partial charge in [0.2, 0.25) is 0 Å². The summed E-state index contributed by atoms with van der Waals surface area (Å²) in [6.45, 7) is 0. The number of hydrogen-bond acceptors (Lipinski definition) is 2. The van der Waals surface area contributed by atoms with E-state index in [2.05, 4.69) is 31.9 Å². The van der Waals surface area contributed by atoms with Crippen LogP contribution in [0.1, 0.15) is 15.9 Å². The first-order valence-electron chi connectivity index (χ1n) is 4.42. The summed E-state index contributed by atoms with van der Waals surface area (Å²) < 4.78 is 27.6. The Morgan fingerprint density at radius 3 is 2.41 bits per heavy atom. The maximum absolute atomic E-state index is 13.5. The van der Waals surface area contributed by atoms with E-state index >= 15 is 0 Å². The van der Waals surface area contributed by atoms with Gasteiger partial charge < -0.3 is 0 Å². The van der Waals surface area contributed by atoms with Gasteiger partial charge in [-0.15, -0.1) is 11.3 Å². The van der Waals surface area contributed by atoms with Gasteiger partial charge in [0.25, 0.3) is 0 Å².